The van der Waals surface area contributed by atoms with E-state index >= 15 is 0 Å². The Bertz CT molecular complexity index is 961. The maximum atomic E-state index is 11.2. The summed E-state index contributed by atoms with van der Waals surface area (Å²) in [4.78, 5) is 20.6. The molecule has 0 heterocycles. The normalized spacial score (nSPS) is 11.1. The van der Waals surface area contributed by atoms with Crippen LogP contribution in [0.25, 0.3) is 0 Å². The van der Waals surface area contributed by atoms with Crippen LogP contribution in [-0.2, 0) is 6.42 Å². The van der Waals surface area contributed by atoms with Gasteiger partial charge in [0.2, 0.25) is 0 Å². The van der Waals surface area contributed by atoms with Crippen molar-refractivity contribution in [2.45, 2.75) is 20.3 Å². The molecule has 0 aliphatic heterocycles. The van der Waals surface area contributed by atoms with Gasteiger partial charge in [-0.3, -0.25) is 25.7 Å². The zero-order valence-electron chi connectivity index (χ0n) is 15.6. The summed E-state index contributed by atoms with van der Waals surface area (Å²) < 4.78 is 0. The highest BCUT2D eigenvalue weighted by atomic mass is 16.6. The quantitative estimate of drug-likeness (QED) is 0.304. The Morgan fingerprint density at radius 2 is 1.86 bits per heavy atom. The van der Waals surface area contributed by atoms with Crippen LogP contribution in [0.5, 0.6) is 0 Å². The number of allylic oxidation sites excluding steroid dienone is 1. The number of nitrogens with zero attached hydrogens (tertiary/aromatic N) is 3. The maximum Gasteiger partial charge on any atom is 0.301 e. The lowest BCUT2D eigenvalue weighted by Gasteiger charge is -2.22. The number of rotatable bonds is 8. The third kappa shape index (κ3) is 5.12. The highest BCUT2D eigenvalue weighted by Crippen LogP contribution is 2.30. The van der Waals surface area contributed by atoms with Gasteiger partial charge in [-0.15, -0.1) is 5.73 Å². The van der Waals surface area contributed by atoms with Crippen molar-refractivity contribution in [3.8, 4) is 0 Å². The maximum absolute atomic E-state index is 11.2. The van der Waals surface area contributed by atoms with E-state index in [1.54, 1.807) is 6.21 Å². The van der Waals surface area contributed by atoms with Crippen molar-refractivity contribution in [1.82, 2.24) is 0 Å². The molecule has 0 radical (unpaired) electrons. The number of non-ortho nitro benzene ring substituents is 1. The number of hydrazone groups is 1. The second-order valence-electron chi connectivity index (χ2n) is 6.63. The fourth-order valence-corrected chi connectivity index (χ4v) is 2.54. The average Bonchev–Trinajstić information content (AvgIpc) is 2.66. The van der Waals surface area contributed by atoms with Crippen molar-refractivity contribution < 1.29 is 9.85 Å². The summed E-state index contributed by atoms with van der Waals surface area (Å²) in [6.45, 7) is 7.61. The highest BCUT2D eigenvalue weighted by Gasteiger charge is 2.22. The van der Waals surface area contributed by atoms with Crippen molar-refractivity contribution in [2.75, 3.05) is 5.43 Å². The van der Waals surface area contributed by atoms with Crippen LogP contribution < -0.4 is 5.43 Å². The number of benzene rings is 2. The Balaban J connectivity index is 2.19. The van der Waals surface area contributed by atoms with Gasteiger partial charge < -0.3 is 0 Å². The second-order valence-corrected chi connectivity index (χ2v) is 6.63. The predicted octanol–water partition coefficient (Wildman–Crippen LogP) is 4.88. The van der Waals surface area contributed by atoms with Gasteiger partial charge in [-0.25, -0.2) is 0 Å². The van der Waals surface area contributed by atoms with E-state index in [-0.39, 0.29) is 11.4 Å². The Kier molecular flexibility index (Phi) is 6.42. The zero-order chi connectivity index (χ0) is 20.7. The molecule has 144 valence electrons. The number of hydrogen-bond donors (Lipinski definition) is 1. The largest absolute Gasteiger partial charge is 0.301 e. The summed E-state index contributed by atoms with van der Waals surface area (Å²) in [6, 6.07) is 13.2. The van der Waals surface area contributed by atoms with E-state index < -0.39 is 20.9 Å². The van der Waals surface area contributed by atoms with Gasteiger partial charge in [-0.2, -0.15) is 5.10 Å². The summed E-state index contributed by atoms with van der Waals surface area (Å²) in [6.07, 6.45) is 2.25. The zero-order valence-corrected chi connectivity index (χ0v) is 15.6. The van der Waals surface area contributed by atoms with Gasteiger partial charge in [0.15, 0.2) is 0 Å². The van der Waals surface area contributed by atoms with E-state index in [4.69, 9.17) is 0 Å². The SMILES string of the molecule is C=C=C(Cc1ccccc1)C(C)(C)/C=N/Nc1ccc([N+](=O)[O-])cc1[N+](=O)[O-]. The monoisotopic (exact) mass is 380 g/mol. The summed E-state index contributed by atoms with van der Waals surface area (Å²) in [5, 5.41) is 26.1. The first-order valence-electron chi connectivity index (χ1n) is 8.41. The molecule has 0 unspecified atom stereocenters. The van der Waals surface area contributed by atoms with Gasteiger partial charge in [-0.05, 0) is 17.2 Å². The van der Waals surface area contributed by atoms with Crippen LogP contribution in [0.2, 0.25) is 0 Å². The third-order valence-electron chi connectivity index (χ3n) is 4.18. The minimum Gasteiger partial charge on any atom is -0.272 e. The van der Waals surface area contributed by atoms with Crippen LogP contribution in [0, 0.1) is 25.6 Å². The van der Waals surface area contributed by atoms with Crippen molar-refractivity contribution in [3.63, 3.8) is 0 Å². The molecule has 0 aromatic heterocycles. The van der Waals surface area contributed by atoms with Crippen molar-refractivity contribution in [1.29, 1.82) is 0 Å². The van der Waals surface area contributed by atoms with Crippen molar-refractivity contribution in [3.05, 3.63) is 92.2 Å². The van der Waals surface area contributed by atoms with Gasteiger partial charge in [0.05, 0.1) is 15.9 Å². The lowest BCUT2D eigenvalue weighted by Crippen LogP contribution is -2.18. The van der Waals surface area contributed by atoms with E-state index in [0.717, 1.165) is 17.2 Å². The van der Waals surface area contributed by atoms with Crippen LogP contribution in [0.4, 0.5) is 17.1 Å². The van der Waals surface area contributed by atoms with Crippen LogP contribution >= 0.6 is 0 Å². The number of nitrogens with one attached hydrogen (secondary N) is 1. The number of nitro benzene ring substituents is 2. The standard InChI is InChI=1S/C20H20N4O4/c1-4-16(12-15-8-6-5-7-9-15)20(2,3)14-21-22-18-11-10-17(23(25)26)13-19(18)24(27)28/h5-11,13-14,22H,1,12H2,2-3H3/b21-14+. The first-order valence-corrected chi connectivity index (χ1v) is 8.41. The van der Waals surface area contributed by atoms with Crippen molar-refractivity contribution in [2.24, 2.45) is 10.5 Å². The number of hydrogen-bond acceptors (Lipinski definition) is 6. The molecule has 0 atom stereocenters. The molecule has 0 bridgehead atoms. The lowest BCUT2D eigenvalue weighted by molar-refractivity contribution is -0.393. The molecule has 0 amide bonds. The summed E-state index contributed by atoms with van der Waals surface area (Å²) >= 11 is 0. The molecule has 2 aromatic carbocycles. The van der Waals surface area contributed by atoms with E-state index in [1.165, 1.54) is 12.1 Å². The molecule has 0 saturated carbocycles. The first kappa shape index (κ1) is 20.5. The Morgan fingerprint density at radius 3 is 2.43 bits per heavy atom. The van der Waals surface area contributed by atoms with Crippen molar-refractivity contribution >= 4 is 23.3 Å². The van der Waals surface area contributed by atoms with E-state index in [0.29, 0.717) is 6.42 Å². The fraction of sp³-hybridized carbons (Fsp3) is 0.200. The Labute approximate surface area is 162 Å². The molecular formula is C20H20N4O4. The Hall–Kier alpha value is -3.77. The number of anilines is 1. The van der Waals surface area contributed by atoms with E-state index in [9.17, 15) is 20.2 Å². The van der Waals surface area contributed by atoms with Gasteiger partial charge >= 0.3 is 5.69 Å². The summed E-state index contributed by atoms with van der Waals surface area (Å²) in [7, 11) is 0. The molecule has 0 aliphatic carbocycles. The van der Waals surface area contributed by atoms with Gasteiger partial charge in [0, 0.05) is 24.1 Å². The third-order valence-corrected chi connectivity index (χ3v) is 4.18. The van der Waals surface area contributed by atoms with Crippen LogP contribution in [0.15, 0.2) is 71.5 Å². The molecule has 0 saturated heterocycles. The van der Waals surface area contributed by atoms with Crippen LogP contribution in [0.3, 0.4) is 0 Å². The molecule has 0 aliphatic rings. The predicted molar refractivity (Wildman–Crippen MR) is 108 cm³/mol. The van der Waals surface area contributed by atoms with E-state index in [2.05, 4.69) is 22.8 Å². The molecular weight excluding hydrogens is 360 g/mol. The van der Waals surface area contributed by atoms with Gasteiger partial charge in [0.25, 0.3) is 5.69 Å². The molecule has 1 N–H and O–H groups in total. The van der Waals surface area contributed by atoms with Crippen LogP contribution in [-0.4, -0.2) is 16.1 Å². The number of nitro groups is 2. The molecule has 0 spiro atoms. The highest BCUT2D eigenvalue weighted by molar-refractivity contribution is 5.72. The minimum absolute atomic E-state index is 0.0647. The fourth-order valence-electron chi connectivity index (χ4n) is 2.54. The van der Waals surface area contributed by atoms with E-state index in [1.807, 2.05) is 44.2 Å². The molecule has 8 heteroatoms. The lowest BCUT2D eigenvalue weighted by atomic mass is 9.82. The molecule has 2 aromatic rings. The van der Waals surface area contributed by atoms with Crippen LogP contribution in [0.1, 0.15) is 19.4 Å². The average molecular weight is 380 g/mol. The molecule has 8 nitrogen and oxygen atoms in total. The minimum atomic E-state index is -0.694. The second kappa shape index (κ2) is 8.75. The molecule has 28 heavy (non-hydrogen) atoms. The Morgan fingerprint density at radius 1 is 1.18 bits per heavy atom. The molecule has 0 fully saturated rings. The summed E-state index contributed by atoms with van der Waals surface area (Å²) in [5.41, 5.74) is 6.34. The smallest absolute Gasteiger partial charge is 0.272 e. The van der Waals surface area contributed by atoms with Gasteiger partial charge in [0.1, 0.15) is 5.69 Å². The first-order chi connectivity index (χ1) is 13.2. The molecule has 2 rings (SSSR count). The van der Waals surface area contributed by atoms with Gasteiger partial charge in [-0.1, -0.05) is 50.8 Å². The topological polar surface area (TPSA) is 111 Å². The summed E-state index contributed by atoms with van der Waals surface area (Å²) in [5.74, 6) is 0.